The molecule has 0 aliphatic carbocycles. The fourth-order valence-corrected chi connectivity index (χ4v) is 1.22. The molecule has 0 radical (unpaired) electrons. The Morgan fingerprint density at radius 1 is 1.75 bits per heavy atom. The van der Waals surface area contributed by atoms with Gasteiger partial charge in [0.25, 0.3) is 0 Å². The standard InChI is InChI=1S/C8H11BrN2O/c1-2-8(12)11-5-7-3-6(9)4-10-7/h3-4,10H,2,5H2,1H3,(H,11,12). The molecule has 66 valence electrons. The number of carbonyl (C=O) groups excluding carboxylic acids is 1. The molecule has 1 amide bonds. The highest BCUT2D eigenvalue weighted by molar-refractivity contribution is 9.10. The summed E-state index contributed by atoms with van der Waals surface area (Å²) in [7, 11) is 0. The molecule has 1 aromatic heterocycles. The van der Waals surface area contributed by atoms with E-state index >= 15 is 0 Å². The van der Waals surface area contributed by atoms with Gasteiger partial charge in [-0.2, -0.15) is 0 Å². The molecule has 0 saturated heterocycles. The summed E-state index contributed by atoms with van der Waals surface area (Å²) < 4.78 is 1.00. The summed E-state index contributed by atoms with van der Waals surface area (Å²) in [5.41, 5.74) is 1.00. The molecular weight excluding hydrogens is 220 g/mol. The van der Waals surface area contributed by atoms with Gasteiger partial charge in [-0.3, -0.25) is 4.79 Å². The molecule has 4 heteroatoms. The average molecular weight is 231 g/mol. The van der Waals surface area contributed by atoms with Gasteiger partial charge in [0.1, 0.15) is 0 Å². The molecule has 0 unspecified atom stereocenters. The maximum Gasteiger partial charge on any atom is 0.220 e. The first-order chi connectivity index (χ1) is 5.72. The molecule has 0 fully saturated rings. The van der Waals surface area contributed by atoms with Crippen LogP contribution in [0, 0.1) is 0 Å². The van der Waals surface area contributed by atoms with Crippen molar-refractivity contribution in [2.24, 2.45) is 0 Å². The van der Waals surface area contributed by atoms with Crippen molar-refractivity contribution in [1.82, 2.24) is 10.3 Å². The molecule has 0 aliphatic heterocycles. The molecule has 0 aromatic carbocycles. The van der Waals surface area contributed by atoms with E-state index in [1.54, 1.807) is 0 Å². The van der Waals surface area contributed by atoms with Gasteiger partial charge in [0.05, 0.1) is 6.54 Å². The van der Waals surface area contributed by atoms with Gasteiger partial charge in [0.15, 0.2) is 0 Å². The van der Waals surface area contributed by atoms with E-state index in [1.165, 1.54) is 0 Å². The SMILES string of the molecule is CCC(=O)NCc1cc(Br)c[nH]1. The van der Waals surface area contributed by atoms with Crippen molar-refractivity contribution < 1.29 is 4.79 Å². The van der Waals surface area contributed by atoms with E-state index in [-0.39, 0.29) is 5.91 Å². The predicted molar refractivity (Wildman–Crippen MR) is 50.6 cm³/mol. The van der Waals surface area contributed by atoms with Gasteiger partial charge < -0.3 is 10.3 Å². The van der Waals surface area contributed by atoms with E-state index in [9.17, 15) is 4.79 Å². The Kier molecular flexibility index (Phi) is 3.34. The molecule has 0 saturated carbocycles. The third-order valence-corrected chi connectivity index (χ3v) is 1.96. The number of nitrogens with one attached hydrogen (secondary N) is 2. The van der Waals surface area contributed by atoms with Crippen molar-refractivity contribution in [1.29, 1.82) is 0 Å². The number of halogens is 1. The first-order valence-corrected chi connectivity index (χ1v) is 4.61. The Balaban J connectivity index is 2.38. The van der Waals surface area contributed by atoms with E-state index in [2.05, 4.69) is 26.2 Å². The van der Waals surface area contributed by atoms with Crippen molar-refractivity contribution in [2.45, 2.75) is 19.9 Å². The Bertz CT molecular complexity index is 270. The molecule has 0 bridgehead atoms. The van der Waals surface area contributed by atoms with Crippen LogP contribution in [0.5, 0.6) is 0 Å². The summed E-state index contributed by atoms with van der Waals surface area (Å²) in [6.07, 6.45) is 2.37. The lowest BCUT2D eigenvalue weighted by atomic mass is 10.4. The fraction of sp³-hybridized carbons (Fsp3) is 0.375. The van der Waals surface area contributed by atoms with Gasteiger partial charge in [-0.15, -0.1) is 0 Å². The van der Waals surface area contributed by atoms with Gasteiger partial charge in [0, 0.05) is 22.8 Å². The number of carbonyl (C=O) groups is 1. The summed E-state index contributed by atoms with van der Waals surface area (Å²) in [6, 6.07) is 1.94. The molecule has 3 nitrogen and oxygen atoms in total. The smallest absolute Gasteiger partial charge is 0.220 e. The molecule has 0 atom stereocenters. The molecule has 1 rings (SSSR count). The number of rotatable bonds is 3. The van der Waals surface area contributed by atoms with E-state index in [4.69, 9.17) is 0 Å². The van der Waals surface area contributed by atoms with Crippen LogP contribution in [0.15, 0.2) is 16.7 Å². The lowest BCUT2D eigenvalue weighted by Gasteiger charge is -1.99. The quantitative estimate of drug-likeness (QED) is 0.818. The van der Waals surface area contributed by atoms with Gasteiger partial charge in [-0.05, 0) is 22.0 Å². The van der Waals surface area contributed by atoms with Gasteiger partial charge in [-0.25, -0.2) is 0 Å². The molecule has 0 spiro atoms. The summed E-state index contributed by atoms with van der Waals surface area (Å²) in [6.45, 7) is 2.40. The van der Waals surface area contributed by atoms with E-state index in [0.717, 1.165) is 10.2 Å². The lowest BCUT2D eigenvalue weighted by molar-refractivity contribution is -0.120. The summed E-state index contributed by atoms with van der Waals surface area (Å²) in [5.74, 6) is 0.0701. The second kappa shape index (κ2) is 4.30. The summed E-state index contributed by atoms with van der Waals surface area (Å²) in [4.78, 5) is 13.9. The number of H-pyrrole nitrogens is 1. The van der Waals surface area contributed by atoms with Gasteiger partial charge >= 0.3 is 0 Å². The van der Waals surface area contributed by atoms with Gasteiger partial charge in [-0.1, -0.05) is 6.92 Å². The zero-order valence-corrected chi connectivity index (χ0v) is 8.44. The van der Waals surface area contributed by atoms with E-state index < -0.39 is 0 Å². The van der Waals surface area contributed by atoms with Crippen LogP contribution in [0.2, 0.25) is 0 Å². The highest BCUT2D eigenvalue weighted by Crippen LogP contribution is 2.09. The number of hydrogen-bond donors (Lipinski definition) is 2. The van der Waals surface area contributed by atoms with Crippen LogP contribution in [-0.4, -0.2) is 10.9 Å². The Labute approximate surface area is 79.7 Å². The summed E-state index contributed by atoms with van der Waals surface area (Å²) >= 11 is 3.31. The Hall–Kier alpha value is -0.770. The van der Waals surface area contributed by atoms with Crippen molar-refractivity contribution in [3.05, 3.63) is 22.4 Å². The first-order valence-electron chi connectivity index (χ1n) is 3.82. The van der Waals surface area contributed by atoms with Crippen molar-refractivity contribution in [3.8, 4) is 0 Å². The molecular formula is C8H11BrN2O. The minimum absolute atomic E-state index is 0.0701. The van der Waals surface area contributed by atoms with Gasteiger partial charge in [0.2, 0.25) is 5.91 Å². The Morgan fingerprint density at radius 2 is 2.50 bits per heavy atom. The van der Waals surface area contributed by atoms with Crippen molar-refractivity contribution >= 4 is 21.8 Å². The second-order valence-corrected chi connectivity index (χ2v) is 3.39. The second-order valence-electron chi connectivity index (χ2n) is 2.47. The number of hydrogen-bond acceptors (Lipinski definition) is 1. The third-order valence-electron chi connectivity index (χ3n) is 1.50. The zero-order chi connectivity index (χ0) is 8.97. The largest absolute Gasteiger partial charge is 0.362 e. The molecule has 12 heavy (non-hydrogen) atoms. The fourth-order valence-electron chi connectivity index (χ4n) is 0.832. The van der Waals surface area contributed by atoms with Crippen molar-refractivity contribution in [2.75, 3.05) is 0 Å². The highest BCUT2D eigenvalue weighted by Gasteiger charge is 1.98. The minimum atomic E-state index is 0.0701. The van der Waals surface area contributed by atoms with Crippen LogP contribution in [0.4, 0.5) is 0 Å². The topological polar surface area (TPSA) is 44.9 Å². The highest BCUT2D eigenvalue weighted by atomic mass is 79.9. The lowest BCUT2D eigenvalue weighted by Crippen LogP contribution is -2.21. The maximum atomic E-state index is 10.9. The number of amides is 1. The average Bonchev–Trinajstić information content (AvgIpc) is 2.47. The third kappa shape index (κ3) is 2.70. The zero-order valence-electron chi connectivity index (χ0n) is 6.86. The van der Waals surface area contributed by atoms with Crippen LogP contribution in [0.1, 0.15) is 19.0 Å². The van der Waals surface area contributed by atoms with Crippen LogP contribution < -0.4 is 5.32 Å². The molecule has 0 aliphatic rings. The van der Waals surface area contributed by atoms with Crippen LogP contribution in [0.3, 0.4) is 0 Å². The minimum Gasteiger partial charge on any atom is -0.362 e. The van der Waals surface area contributed by atoms with E-state index in [0.29, 0.717) is 13.0 Å². The van der Waals surface area contributed by atoms with E-state index in [1.807, 2.05) is 19.2 Å². The molecule has 2 N–H and O–H groups in total. The summed E-state index contributed by atoms with van der Waals surface area (Å²) in [5, 5.41) is 2.77. The number of aromatic nitrogens is 1. The predicted octanol–water partition coefficient (Wildman–Crippen LogP) is 1.80. The monoisotopic (exact) mass is 230 g/mol. The van der Waals surface area contributed by atoms with Crippen LogP contribution in [0.25, 0.3) is 0 Å². The van der Waals surface area contributed by atoms with Crippen LogP contribution in [-0.2, 0) is 11.3 Å². The molecule has 1 aromatic rings. The number of aromatic amines is 1. The normalized spacial score (nSPS) is 9.83. The van der Waals surface area contributed by atoms with Crippen LogP contribution >= 0.6 is 15.9 Å². The molecule has 1 heterocycles. The Morgan fingerprint density at radius 3 is 3.00 bits per heavy atom. The van der Waals surface area contributed by atoms with Crippen molar-refractivity contribution in [3.63, 3.8) is 0 Å². The maximum absolute atomic E-state index is 10.9. The first kappa shape index (κ1) is 9.32.